The maximum Gasteiger partial charge on any atom is 0.0640 e. The Morgan fingerprint density at radius 2 is 2.14 bits per heavy atom. The van der Waals surface area contributed by atoms with E-state index in [2.05, 4.69) is 34.1 Å². The first kappa shape index (κ1) is 8.93. The van der Waals surface area contributed by atoms with Gasteiger partial charge in [0.25, 0.3) is 0 Å². The predicted octanol–water partition coefficient (Wildman–Crippen LogP) is 2.79. The highest BCUT2D eigenvalue weighted by atomic mass is 79.9. The Morgan fingerprint density at radius 1 is 1.36 bits per heavy atom. The Morgan fingerprint density at radius 3 is 2.86 bits per heavy atom. The molecule has 2 aliphatic carbocycles. The van der Waals surface area contributed by atoms with Crippen molar-refractivity contribution in [2.24, 2.45) is 0 Å². The van der Waals surface area contributed by atoms with Crippen molar-refractivity contribution in [1.82, 2.24) is 0 Å². The van der Waals surface area contributed by atoms with Crippen molar-refractivity contribution in [1.29, 1.82) is 0 Å². The molecule has 2 aliphatic rings. The van der Waals surface area contributed by atoms with Gasteiger partial charge in [0.05, 0.1) is 6.10 Å². The van der Waals surface area contributed by atoms with Crippen LogP contribution in [0, 0.1) is 0 Å². The smallest absolute Gasteiger partial charge is 0.0640 e. The minimum atomic E-state index is -0.101. The molecule has 1 fully saturated rings. The molecule has 3 rings (SSSR count). The van der Waals surface area contributed by atoms with E-state index in [0.29, 0.717) is 0 Å². The Hall–Kier alpha value is -0.340. The molecular formula is C12H13BrO. The van der Waals surface area contributed by atoms with Crippen molar-refractivity contribution >= 4 is 15.9 Å². The summed E-state index contributed by atoms with van der Waals surface area (Å²) in [7, 11) is 0. The Kier molecular flexibility index (Phi) is 1.80. The molecule has 1 N–H and O–H groups in total. The molecule has 74 valence electrons. The van der Waals surface area contributed by atoms with Gasteiger partial charge in [-0.2, -0.15) is 0 Å². The molecule has 2 heteroatoms. The van der Waals surface area contributed by atoms with Gasteiger partial charge in [-0.25, -0.2) is 0 Å². The highest BCUT2D eigenvalue weighted by Crippen LogP contribution is 2.55. The molecule has 1 aromatic rings. The first-order valence-corrected chi connectivity index (χ1v) is 5.99. The van der Waals surface area contributed by atoms with E-state index in [0.717, 1.165) is 17.3 Å². The van der Waals surface area contributed by atoms with Crippen LogP contribution in [-0.2, 0) is 11.8 Å². The van der Waals surface area contributed by atoms with E-state index in [1.54, 1.807) is 0 Å². The van der Waals surface area contributed by atoms with E-state index < -0.39 is 0 Å². The lowest BCUT2D eigenvalue weighted by Crippen LogP contribution is -2.31. The number of hydrogen-bond donors (Lipinski definition) is 1. The summed E-state index contributed by atoms with van der Waals surface area (Å²) in [5.74, 6) is 0. The van der Waals surface area contributed by atoms with Gasteiger partial charge in [0, 0.05) is 9.89 Å². The fraction of sp³-hybridized carbons (Fsp3) is 0.500. The molecular weight excluding hydrogens is 240 g/mol. The summed E-state index contributed by atoms with van der Waals surface area (Å²) in [6.07, 6.45) is 4.20. The second-order valence-electron chi connectivity index (χ2n) is 4.51. The predicted molar refractivity (Wildman–Crippen MR) is 59.4 cm³/mol. The lowest BCUT2D eigenvalue weighted by atomic mass is 9.78. The molecule has 14 heavy (non-hydrogen) atoms. The van der Waals surface area contributed by atoms with Crippen LogP contribution in [0.1, 0.15) is 30.4 Å². The monoisotopic (exact) mass is 252 g/mol. The van der Waals surface area contributed by atoms with E-state index in [9.17, 15) is 5.11 Å². The summed E-state index contributed by atoms with van der Waals surface area (Å²) < 4.78 is 1.16. The molecule has 0 bridgehead atoms. The maximum atomic E-state index is 10.0. The first-order valence-electron chi connectivity index (χ1n) is 5.19. The molecule has 0 saturated heterocycles. The van der Waals surface area contributed by atoms with Crippen LogP contribution in [0.4, 0.5) is 0 Å². The number of rotatable bonds is 0. The summed E-state index contributed by atoms with van der Waals surface area (Å²) in [6, 6.07) is 6.49. The minimum absolute atomic E-state index is 0.101. The normalized spacial score (nSPS) is 27.4. The molecule has 1 aromatic carbocycles. The number of aryl methyl sites for hydroxylation is 1. The molecule has 0 radical (unpaired) electrons. The van der Waals surface area contributed by atoms with Crippen LogP contribution < -0.4 is 0 Å². The zero-order chi connectivity index (χ0) is 9.76. The van der Waals surface area contributed by atoms with Crippen molar-refractivity contribution < 1.29 is 5.11 Å². The summed E-state index contributed by atoms with van der Waals surface area (Å²) in [4.78, 5) is 0. The standard InChI is InChI=1S/C12H13BrO/c13-9-2-3-10-8(7-9)1-4-11(14)12(10)5-6-12/h2-3,7,11,14H,1,4-6H2. The highest BCUT2D eigenvalue weighted by Gasteiger charge is 2.52. The van der Waals surface area contributed by atoms with Gasteiger partial charge in [0.2, 0.25) is 0 Å². The molecule has 1 nitrogen and oxygen atoms in total. The zero-order valence-corrected chi connectivity index (χ0v) is 9.55. The molecule has 0 amide bonds. The third-order valence-corrected chi connectivity index (χ3v) is 4.21. The molecule has 0 heterocycles. The third kappa shape index (κ3) is 1.10. The van der Waals surface area contributed by atoms with Crippen LogP contribution in [0.3, 0.4) is 0 Å². The summed E-state index contributed by atoms with van der Waals surface area (Å²) in [6.45, 7) is 0. The topological polar surface area (TPSA) is 20.2 Å². The summed E-state index contributed by atoms with van der Waals surface area (Å²) >= 11 is 3.50. The van der Waals surface area contributed by atoms with E-state index in [-0.39, 0.29) is 11.5 Å². The van der Waals surface area contributed by atoms with Crippen LogP contribution in [-0.4, -0.2) is 11.2 Å². The largest absolute Gasteiger partial charge is 0.392 e. The van der Waals surface area contributed by atoms with E-state index >= 15 is 0 Å². The van der Waals surface area contributed by atoms with Gasteiger partial charge >= 0.3 is 0 Å². The van der Waals surface area contributed by atoms with Crippen LogP contribution in [0.15, 0.2) is 22.7 Å². The van der Waals surface area contributed by atoms with Crippen molar-refractivity contribution in [2.45, 2.75) is 37.2 Å². The van der Waals surface area contributed by atoms with Crippen LogP contribution >= 0.6 is 15.9 Å². The number of halogens is 1. The molecule has 1 spiro atoms. The van der Waals surface area contributed by atoms with Crippen molar-refractivity contribution in [3.63, 3.8) is 0 Å². The third-order valence-electron chi connectivity index (χ3n) is 3.72. The lowest BCUT2D eigenvalue weighted by Gasteiger charge is -2.30. The number of aliphatic hydroxyl groups is 1. The highest BCUT2D eigenvalue weighted by molar-refractivity contribution is 9.10. The van der Waals surface area contributed by atoms with Gasteiger partial charge in [0.15, 0.2) is 0 Å². The van der Waals surface area contributed by atoms with Gasteiger partial charge < -0.3 is 5.11 Å². The van der Waals surface area contributed by atoms with Crippen LogP contribution in [0.2, 0.25) is 0 Å². The fourth-order valence-electron chi connectivity index (χ4n) is 2.74. The van der Waals surface area contributed by atoms with Gasteiger partial charge in [-0.15, -0.1) is 0 Å². The van der Waals surface area contributed by atoms with Gasteiger partial charge in [0.1, 0.15) is 0 Å². The summed E-state index contributed by atoms with van der Waals surface area (Å²) in [5.41, 5.74) is 2.98. The van der Waals surface area contributed by atoms with Crippen LogP contribution in [0.25, 0.3) is 0 Å². The molecule has 0 aromatic heterocycles. The number of hydrogen-bond acceptors (Lipinski definition) is 1. The SMILES string of the molecule is OC1CCc2cc(Br)ccc2C12CC2. The zero-order valence-electron chi connectivity index (χ0n) is 7.96. The van der Waals surface area contributed by atoms with Gasteiger partial charge in [-0.3, -0.25) is 0 Å². The van der Waals surface area contributed by atoms with Crippen molar-refractivity contribution in [2.75, 3.05) is 0 Å². The molecule has 1 unspecified atom stereocenters. The second kappa shape index (κ2) is 2.83. The molecule has 0 aliphatic heterocycles. The minimum Gasteiger partial charge on any atom is -0.392 e. The first-order chi connectivity index (χ1) is 6.72. The number of aliphatic hydroxyl groups excluding tert-OH is 1. The van der Waals surface area contributed by atoms with Crippen LogP contribution in [0.5, 0.6) is 0 Å². The van der Waals surface area contributed by atoms with E-state index in [1.165, 1.54) is 24.0 Å². The Labute approximate surface area is 92.3 Å². The Balaban J connectivity index is 2.14. The Bertz CT molecular complexity index is 382. The fourth-order valence-corrected chi connectivity index (χ4v) is 3.15. The van der Waals surface area contributed by atoms with E-state index in [1.807, 2.05) is 0 Å². The second-order valence-corrected chi connectivity index (χ2v) is 5.43. The number of fused-ring (bicyclic) bond motifs is 2. The van der Waals surface area contributed by atoms with Gasteiger partial charge in [-0.05, 0) is 48.9 Å². The lowest BCUT2D eigenvalue weighted by molar-refractivity contribution is 0.114. The van der Waals surface area contributed by atoms with Crippen molar-refractivity contribution in [3.8, 4) is 0 Å². The average molecular weight is 253 g/mol. The quantitative estimate of drug-likeness (QED) is 0.753. The number of benzene rings is 1. The average Bonchev–Trinajstić information content (AvgIpc) is 2.94. The molecule has 1 atom stereocenters. The maximum absolute atomic E-state index is 10.0. The van der Waals surface area contributed by atoms with Crippen molar-refractivity contribution in [3.05, 3.63) is 33.8 Å². The molecule has 1 saturated carbocycles. The van der Waals surface area contributed by atoms with E-state index in [4.69, 9.17) is 0 Å². The van der Waals surface area contributed by atoms with Gasteiger partial charge in [-0.1, -0.05) is 22.0 Å². The summed E-state index contributed by atoms with van der Waals surface area (Å²) in [5, 5.41) is 10.0.